The van der Waals surface area contributed by atoms with Gasteiger partial charge in [-0.15, -0.1) is 0 Å². The first-order valence-corrected chi connectivity index (χ1v) is 7.97. The molecule has 0 aliphatic rings. The van der Waals surface area contributed by atoms with Gasteiger partial charge in [-0.2, -0.15) is 0 Å². The van der Waals surface area contributed by atoms with Crippen LogP contribution in [0.25, 0.3) is 0 Å². The molecule has 0 saturated heterocycles. The third-order valence-electron chi connectivity index (χ3n) is 3.26. The summed E-state index contributed by atoms with van der Waals surface area (Å²) in [6.45, 7) is 5.67. The number of quaternary nitrogens is 1. The summed E-state index contributed by atoms with van der Waals surface area (Å²) >= 11 is 11.9. The van der Waals surface area contributed by atoms with E-state index in [0.717, 1.165) is 4.90 Å². The van der Waals surface area contributed by atoms with Crippen LogP contribution >= 0.6 is 23.2 Å². The quantitative estimate of drug-likeness (QED) is 0.782. The summed E-state index contributed by atoms with van der Waals surface area (Å²) in [6.07, 6.45) is 0. The Morgan fingerprint density at radius 2 is 1.82 bits per heavy atom. The number of hydrogen-bond donors (Lipinski definition) is 2. The van der Waals surface area contributed by atoms with Crippen LogP contribution in [-0.4, -0.2) is 49.9 Å². The Kier molecular flexibility index (Phi) is 7.65. The van der Waals surface area contributed by atoms with Crippen molar-refractivity contribution in [2.24, 2.45) is 0 Å². The molecule has 7 heteroatoms. The van der Waals surface area contributed by atoms with Gasteiger partial charge in [0.25, 0.3) is 11.8 Å². The van der Waals surface area contributed by atoms with Crippen LogP contribution in [0.2, 0.25) is 10.0 Å². The van der Waals surface area contributed by atoms with Gasteiger partial charge in [-0.1, -0.05) is 29.3 Å². The Hall–Kier alpha value is -1.30. The van der Waals surface area contributed by atoms with Crippen LogP contribution in [0.1, 0.15) is 13.8 Å². The van der Waals surface area contributed by atoms with Gasteiger partial charge in [-0.25, -0.2) is 0 Å². The van der Waals surface area contributed by atoms with E-state index in [-0.39, 0.29) is 24.9 Å². The molecule has 22 heavy (non-hydrogen) atoms. The number of halogens is 2. The Bertz CT molecular complexity index is 534. The van der Waals surface area contributed by atoms with Gasteiger partial charge in [0, 0.05) is 13.1 Å². The topological polar surface area (TPSA) is 53.9 Å². The molecule has 0 bridgehead atoms. The predicted molar refractivity (Wildman–Crippen MR) is 89.6 cm³/mol. The van der Waals surface area contributed by atoms with E-state index in [1.54, 1.807) is 30.1 Å². The first kappa shape index (κ1) is 18.7. The first-order valence-electron chi connectivity index (χ1n) is 7.21. The number of nitrogens with zero attached hydrogens (tertiary/aromatic N) is 1. The van der Waals surface area contributed by atoms with Crippen molar-refractivity contribution >= 4 is 40.7 Å². The second-order valence-corrected chi connectivity index (χ2v) is 5.81. The number of carbonyl (C=O) groups excluding carboxylic acids is 2. The van der Waals surface area contributed by atoms with E-state index < -0.39 is 0 Å². The molecular weight excluding hydrogens is 325 g/mol. The van der Waals surface area contributed by atoms with Crippen LogP contribution in [0.5, 0.6) is 0 Å². The molecule has 1 aromatic carbocycles. The summed E-state index contributed by atoms with van der Waals surface area (Å²) in [5.74, 6) is -0.176. The van der Waals surface area contributed by atoms with Gasteiger partial charge in [0.2, 0.25) is 0 Å². The molecule has 0 heterocycles. The first-order chi connectivity index (χ1) is 10.4. The van der Waals surface area contributed by atoms with Crippen molar-refractivity contribution in [1.82, 2.24) is 4.90 Å². The van der Waals surface area contributed by atoms with Crippen LogP contribution in [0.15, 0.2) is 18.2 Å². The number of benzene rings is 1. The summed E-state index contributed by atoms with van der Waals surface area (Å²) in [5.41, 5.74) is 0.474. The summed E-state index contributed by atoms with van der Waals surface area (Å²) in [5, 5.41) is 3.41. The molecule has 1 unspecified atom stereocenters. The van der Waals surface area contributed by atoms with Crippen molar-refractivity contribution in [2.45, 2.75) is 13.8 Å². The standard InChI is InChI=1S/C15H21Cl2N3O2/c1-4-20(5-2)14(22)10-19(3)9-13(21)18-12-8-6-7-11(16)15(12)17/h6-8H,4-5,9-10H2,1-3H3,(H,18,21)/p+1. The summed E-state index contributed by atoms with van der Waals surface area (Å²) in [6, 6.07) is 5.05. The average Bonchev–Trinajstić information content (AvgIpc) is 2.44. The highest BCUT2D eigenvalue weighted by Gasteiger charge is 2.18. The molecule has 122 valence electrons. The number of likely N-dealkylation sites (N-methyl/N-ethyl adjacent to an activating group) is 2. The molecule has 0 fully saturated rings. The number of amides is 2. The highest BCUT2D eigenvalue weighted by molar-refractivity contribution is 6.43. The molecule has 0 aromatic heterocycles. The molecular formula is C15H22Cl2N3O2+. The lowest BCUT2D eigenvalue weighted by molar-refractivity contribution is -0.862. The zero-order valence-electron chi connectivity index (χ0n) is 13.1. The van der Waals surface area contributed by atoms with Crippen LogP contribution in [0, 0.1) is 0 Å². The van der Waals surface area contributed by atoms with Gasteiger partial charge >= 0.3 is 0 Å². The molecule has 1 rings (SSSR count). The minimum atomic E-state index is -0.214. The number of carbonyl (C=O) groups is 2. The second-order valence-electron chi connectivity index (χ2n) is 5.03. The summed E-state index contributed by atoms with van der Waals surface area (Å²) < 4.78 is 0. The lowest BCUT2D eigenvalue weighted by Crippen LogP contribution is -3.11. The Morgan fingerprint density at radius 3 is 2.41 bits per heavy atom. The van der Waals surface area contributed by atoms with E-state index in [1.807, 2.05) is 13.8 Å². The molecule has 0 aliphatic heterocycles. The molecule has 0 spiro atoms. The Morgan fingerprint density at radius 1 is 1.18 bits per heavy atom. The second kappa shape index (κ2) is 8.98. The van der Waals surface area contributed by atoms with E-state index in [4.69, 9.17) is 23.2 Å². The fourth-order valence-corrected chi connectivity index (χ4v) is 2.43. The lowest BCUT2D eigenvalue weighted by atomic mass is 10.3. The summed E-state index contributed by atoms with van der Waals surface area (Å²) in [4.78, 5) is 26.6. The van der Waals surface area contributed by atoms with Gasteiger partial charge < -0.3 is 15.1 Å². The fourth-order valence-electron chi connectivity index (χ4n) is 2.08. The van der Waals surface area contributed by atoms with Crippen molar-refractivity contribution in [3.05, 3.63) is 28.2 Å². The maximum absolute atomic E-state index is 12.0. The average molecular weight is 347 g/mol. The molecule has 0 saturated carbocycles. The van der Waals surface area contributed by atoms with Gasteiger partial charge in [-0.3, -0.25) is 9.59 Å². The zero-order chi connectivity index (χ0) is 16.7. The molecule has 2 N–H and O–H groups in total. The van der Waals surface area contributed by atoms with Crippen molar-refractivity contribution in [3.8, 4) is 0 Å². The van der Waals surface area contributed by atoms with Crippen LogP contribution in [0.3, 0.4) is 0 Å². The maximum Gasteiger partial charge on any atom is 0.279 e. The van der Waals surface area contributed by atoms with Crippen molar-refractivity contribution in [1.29, 1.82) is 0 Å². The van der Waals surface area contributed by atoms with Crippen LogP contribution in [0.4, 0.5) is 5.69 Å². The number of nitrogens with one attached hydrogen (secondary N) is 2. The van der Waals surface area contributed by atoms with Gasteiger partial charge in [0.05, 0.1) is 22.8 Å². The maximum atomic E-state index is 12.0. The van der Waals surface area contributed by atoms with E-state index in [1.165, 1.54) is 0 Å². The smallest absolute Gasteiger partial charge is 0.279 e. The molecule has 0 aliphatic carbocycles. The number of anilines is 1. The minimum Gasteiger partial charge on any atom is -0.338 e. The van der Waals surface area contributed by atoms with E-state index in [0.29, 0.717) is 28.8 Å². The SMILES string of the molecule is CCN(CC)C(=O)C[NH+](C)CC(=O)Nc1cccc(Cl)c1Cl. The summed E-state index contributed by atoms with van der Waals surface area (Å²) in [7, 11) is 1.81. The molecule has 0 radical (unpaired) electrons. The highest BCUT2D eigenvalue weighted by atomic mass is 35.5. The lowest BCUT2D eigenvalue weighted by Gasteiger charge is -2.21. The Labute approximate surface area is 141 Å². The predicted octanol–water partition coefficient (Wildman–Crippen LogP) is 1.31. The fraction of sp³-hybridized carbons (Fsp3) is 0.467. The van der Waals surface area contributed by atoms with Gasteiger partial charge in [0.1, 0.15) is 0 Å². The molecule has 1 atom stereocenters. The molecule has 2 amide bonds. The molecule has 1 aromatic rings. The van der Waals surface area contributed by atoms with E-state index in [9.17, 15) is 9.59 Å². The van der Waals surface area contributed by atoms with Crippen molar-refractivity contribution < 1.29 is 14.5 Å². The monoisotopic (exact) mass is 346 g/mol. The van der Waals surface area contributed by atoms with Crippen molar-refractivity contribution in [3.63, 3.8) is 0 Å². The molecule has 5 nitrogen and oxygen atoms in total. The Balaban J connectivity index is 2.54. The zero-order valence-corrected chi connectivity index (χ0v) is 14.6. The van der Waals surface area contributed by atoms with Gasteiger partial charge in [0.15, 0.2) is 13.1 Å². The van der Waals surface area contributed by atoms with E-state index >= 15 is 0 Å². The minimum absolute atomic E-state index is 0.0380. The largest absolute Gasteiger partial charge is 0.338 e. The van der Waals surface area contributed by atoms with Crippen LogP contribution < -0.4 is 10.2 Å². The third kappa shape index (κ3) is 5.48. The number of hydrogen-bond acceptors (Lipinski definition) is 2. The number of rotatable bonds is 7. The van der Waals surface area contributed by atoms with Crippen LogP contribution in [-0.2, 0) is 9.59 Å². The van der Waals surface area contributed by atoms with E-state index in [2.05, 4.69) is 5.32 Å². The highest BCUT2D eigenvalue weighted by Crippen LogP contribution is 2.29. The van der Waals surface area contributed by atoms with Crippen molar-refractivity contribution in [2.75, 3.05) is 38.5 Å². The van der Waals surface area contributed by atoms with Gasteiger partial charge in [-0.05, 0) is 26.0 Å². The normalized spacial score (nSPS) is 11.9. The third-order valence-corrected chi connectivity index (χ3v) is 4.08.